The normalized spacial score (nSPS) is 43.6. The summed E-state index contributed by atoms with van der Waals surface area (Å²) in [4.78, 5) is 0. The summed E-state index contributed by atoms with van der Waals surface area (Å²) in [5, 5.41) is 0. The Morgan fingerprint density at radius 3 is 0.562 bits per heavy atom. The van der Waals surface area contributed by atoms with Crippen LogP contribution in [0.2, 0.25) is 0 Å². The van der Waals surface area contributed by atoms with E-state index in [0.29, 0.717) is 31.0 Å². The highest BCUT2D eigenvalue weighted by molar-refractivity contribution is 4.88. The fourth-order valence-electron chi connectivity index (χ4n) is 23.0. The summed E-state index contributed by atoms with van der Waals surface area (Å²) >= 11 is 0. The highest BCUT2D eigenvalue weighted by atomic mass is 19.4. The van der Waals surface area contributed by atoms with Crippen LogP contribution in [0.25, 0.3) is 0 Å². The quantitative estimate of drug-likeness (QED) is 0.217. The molecule has 0 aromatic heterocycles. The van der Waals surface area contributed by atoms with Gasteiger partial charge in [-0.05, 0) is 354 Å². The number of halogens is 3. The van der Waals surface area contributed by atoms with E-state index in [1.807, 2.05) is 7.11 Å². The molecule has 13 fully saturated rings. The Morgan fingerprint density at radius 2 is 0.375 bits per heavy atom. The lowest BCUT2D eigenvalue weighted by Crippen LogP contribution is -2.31. The molecule has 2 nitrogen and oxygen atoms in total. The number of methoxy groups -OCH3 is 1. The van der Waals surface area contributed by atoms with Crippen molar-refractivity contribution in [1.82, 2.24) is 0 Å². The molecule has 0 N–H and O–H groups in total. The van der Waals surface area contributed by atoms with Gasteiger partial charge in [0.2, 0.25) is 0 Å². The maximum atomic E-state index is 12.6. The molecule has 13 rings (SSSR count). The Labute approximate surface area is 616 Å². The second-order valence-electron chi connectivity index (χ2n) is 39.1. The van der Waals surface area contributed by atoms with E-state index in [0.717, 1.165) is 150 Å². The van der Waals surface area contributed by atoms with E-state index in [2.05, 4.69) is 69.2 Å². The van der Waals surface area contributed by atoms with Crippen molar-refractivity contribution in [2.75, 3.05) is 13.7 Å². The molecular formula is C91H191F3O2. The zero-order chi connectivity index (χ0) is 68.4. The Morgan fingerprint density at radius 1 is 0.219 bits per heavy atom. The van der Waals surface area contributed by atoms with Gasteiger partial charge in [-0.2, -0.15) is 13.2 Å². The van der Waals surface area contributed by atoms with Gasteiger partial charge < -0.3 is 9.47 Å². The minimum atomic E-state index is -3.95. The monoisotopic (exact) mass is 1370 g/mol. The van der Waals surface area contributed by atoms with Crippen LogP contribution in [0.4, 0.5) is 13.2 Å². The molecule has 0 atom stereocenters. The van der Waals surface area contributed by atoms with Crippen molar-refractivity contribution in [3.63, 3.8) is 0 Å². The molecule has 13 aliphatic rings. The third-order valence-corrected chi connectivity index (χ3v) is 31.3. The van der Waals surface area contributed by atoms with Crippen molar-refractivity contribution in [1.29, 1.82) is 0 Å². The van der Waals surface area contributed by atoms with Crippen LogP contribution in [0, 0.1) is 142 Å². The number of ether oxygens (including phenoxy) is 2. The summed E-state index contributed by atoms with van der Waals surface area (Å²) in [6.45, 7) is 25.2. The Hall–Kier alpha value is -0.290. The summed E-state index contributed by atoms with van der Waals surface area (Å²) < 4.78 is 49.4. The van der Waals surface area contributed by atoms with Gasteiger partial charge in [-0.15, -0.1) is 0 Å². The van der Waals surface area contributed by atoms with E-state index in [4.69, 9.17) is 9.47 Å². The van der Waals surface area contributed by atoms with Crippen molar-refractivity contribution >= 4 is 0 Å². The molecular weight excluding hydrogens is 1180 g/mol. The second kappa shape index (κ2) is 43.2. The average Bonchev–Trinajstić information content (AvgIpc) is 0.817. The lowest BCUT2D eigenvalue weighted by atomic mass is 9.69. The highest BCUT2D eigenvalue weighted by Gasteiger charge is 2.43. The molecule has 13 aliphatic carbocycles. The van der Waals surface area contributed by atoms with Gasteiger partial charge in [0.05, 0.1) is 18.1 Å². The molecule has 96 heavy (non-hydrogen) atoms. The molecule has 13 saturated carbocycles. The molecule has 0 aromatic rings. The Kier molecular flexibility index (Phi) is 36.6. The van der Waals surface area contributed by atoms with Crippen LogP contribution >= 0.6 is 0 Å². The van der Waals surface area contributed by atoms with Gasteiger partial charge in [-0.3, -0.25) is 0 Å². The molecule has 5 heteroatoms. The lowest BCUT2D eigenvalue weighted by Gasteiger charge is -2.37. The minimum absolute atomic E-state index is 0. The third kappa shape index (κ3) is 29.0. The van der Waals surface area contributed by atoms with Crippen LogP contribution in [-0.4, -0.2) is 32.1 Å². The van der Waals surface area contributed by atoms with Gasteiger partial charge in [0.25, 0.3) is 0 Å². The Balaban J connectivity index is -0.000000287. The molecule has 588 valence electrons. The number of rotatable bonds is 10. The third-order valence-electron chi connectivity index (χ3n) is 31.3. The fourth-order valence-corrected chi connectivity index (χ4v) is 23.0. The standard InChI is InChI=1S/C21H38O.C14H23F3.C14H26O.3C14H26.13H2/c1-16-3-9-19(10-4-16)20-11-7-18(8-12-20)15-22-21-13-5-17(2)6-14-21;1-10-2-4-11(5-3-10)12-6-8-13(9-7-12)14(15,16)17;1-11-3-5-12(6-4-11)13-7-9-14(15-2)10-8-13;3*1-11-3-7-13(8-4-11)14-9-5-12(2)6-10-14;;;;;;;;;;;;;/h16-21H,3-15H2,1-2H3;10-13H,2-9H2,1H3;11-14H,3-10H2,1-2H3;3*11-14H,3-10H2,1-2H3;13*1H. The van der Waals surface area contributed by atoms with E-state index in [9.17, 15) is 13.2 Å². The van der Waals surface area contributed by atoms with Crippen LogP contribution < -0.4 is 0 Å². The first-order chi connectivity index (χ1) is 46.2. The Bertz CT molecular complexity index is 1800. The van der Waals surface area contributed by atoms with Crippen LogP contribution in [0.3, 0.4) is 0 Å². The van der Waals surface area contributed by atoms with Crippen LogP contribution in [0.1, 0.15) is 422 Å². The lowest BCUT2D eigenvalue weighted by molar-refractivity contribution is -0.185. The highest BCUT2D eigenvalue weighted by Crippen LogP contribution is 2.49. The smallest absolute Gasteiger partial charge is 0.381 e. The summed E-state index contributed by atoms with van der Waals surface area (Å²) in [6.07, 6.45) is 70.0. The van der Waals surface area contributed by atoms with Crippen molar-refractivity contribution < 1.29 is 41.2 Å². The van der Waals surface area contributed by atoms with Gasteiger partial charge in [0, 0.05) is 32.3 Å². The fraction of sp³-hybridized carbons (Fsp3) is 1.00. The summed E-state index contributed by atoms with van der Waals surface area (Å²) in [6, 6.07) is 0. The molecule has 0 aromatic carbocycles. The van der Waals surface area contributed by atoms with E-state index in [1.165, 1.54) is 231 Å². The molecule has 0 heterocycles. The average molecular weight is 1370 g/mol. The summed E-state index contributed by atoms with van der Waals surface area (Å²) in [5.41, 5.74) is 0. The van der Waals surface area contributed by atoms with Crippen LogP contribution in [-0.2, 0) is 9.47 Å². The number of hydrogen-bond acceptors (Lipinski definition) is 2. The van der Waals surface area contributed by atoms with Crippen molar-refractivity contribution in [2.24, 2.45) is 142 Å². The first-order valence-electron chi connectivity index (χ1n) is 44.4. The maximum absolute atomic E-state index is 12.6. The topological polar surface area (TPSA) is 18.5 Å². The second-order valence-corrected chi connectivity index (χ2v) is 39.1. The number of alkyl halides is 3. The molecule has 0 aliphatic heterocycles. The zero-order valence-corrected chi connectivity index (χ0v) is 65.9. The van der Waals surface area contributed by atoms with Gasteiger partial charge in [0.1, 0.15) is 0 Å². The largest absolute Gasteiger partial charge is 0.391 e. The summed E-state index contributed by atoms with van der Waals surface area (Å²) in [7, 11) is 1.87. The predicted molar refractivity (Wildman–Crippen MR) is 435 cm³/mol. The van der Waals surface area contributed by atoms with Gasteiger partial charge >= 0.3 is 6.18 Å². The van der Waals surface area contributed by atoms with Crippen LogP contribution in [0.15, 0.2) is 0 Å². The van der Waals surface area contributed by atoms with Crippen molar-refractivity contribution in [2.45, 2.75) is 422 Å². The first kappa shape index (κ1) is 81.4. The molecule has 0 saturated heterocycles. The molecule has 0 bridgehead atoms. The molecule has 0 unspecified atom stereocenters. The van der Waals surface area contributed by atoms with Gasteiger partial charge in [-0.1, -0.05) is 185 Å². The molecule has 0 spiro atoms. The zero-order valence-electron chi connectivity index (χ0n) is 65.9. The molecule has 0 radical (unpaired) electrons. The van der Waals surface area contributed by atoms with E-state index in [1.54, 1.807) is 77.0 Å². The summed E-state index contributed by atoms with van der Waals surface area (Å²) in [5.74, 6) is 21.9. The minimum Gasteiger partial charge on any atom is -0.381 e. The van der Waals surface area contributed by atoms with Gasteiger partial charge in [0.15, 0.2) is 0 Å². The van der Waals surface area contributed by atoms with Crippen LogP contribution in [0.5, 0.6) is 0 Å². The first-order valence-corrected chi connectivity index (χ1v) is 44.4. The van der Waals surface area contributed by atoms with E-state index < -0.39 is 12.1 Å². The van der Waals surface area contributed by atoms with Crippen molar-refractivity contribution in [3.05, 3.63) is 0 Å². The maximum Gasteiger partial charge on any atom is 0.391 e. The molecule has 0 amide bonds. The van der Waals surface area contributed by atoms with E-state index in [-0.39, 0.29) is 18.5 Å². The van der Waals surface area contributed by atoms with Gasteiger partial charge in [-0.25, -0.2) is 0 Å². The SMILES string of the molecule is CC1CCC(C2CCC(C(F)(F)F)CC2)CC1.CC1CCC(C2CCC(C)CC2)CC1.CC1CCC(C2CCC(C)CC2)CC1.CC1CCC(C2CCC(C)CC2)CC1.CC1CCC(OCC2CCC(C3CCC(C)CC3)CC2)CC1.COC1CCC(C2CCC(C)CC2)CC1.[HH].[HH].[HH].[HH].[HH].[HH].[HH].[HH].[HH].[HH].[HH].[HH].[HH]. The predicted octanol–water partition coefficient (Wildman–Crippen LogP) is 32.5. The van der Waals surface area contributed by atoms with E-state index >= 15 is 0 Å². The van der Waals surface area contributed by atoms with Crippen molar-refractivity contribution in [3.8, 4) is 0 Å². The number of hydrogen-bond donors (Lipinski definition) is 0.